The Bertz CT molecular complexity index is 904. The van der Waals surface area contributed by atoms with Gasteiger partial charge in [0.25, 0.3) is 0 Å². The maximum absolute atomic E-state index is 10.5. The van der Waals surface area contributed by atoms with Gasteiger partial charge in [0.2, 0.25) is 0 Å². The molecule has 0 fully saturated rings. The Kier molecular flexibility index (Phi) is 5.43. The normalized spacial score (nSPS) is 12.1. The van der Waals surface area contributed by atoms with Gasteiger partial charge in [-0.05, 0) is 24.3 Å². The number of fused-ring (bicyclic) bond motifs is 1. The number of aliphatic hydroxyl groups excluding tert-OH is 1. The first-order valence-electron chi connectivity index (χ1n) is 8.47. The summed E-state index contributed by atoms with van der Waals surface area (Å²) in [5, 5.41) is 10.5. The van der Waals surface area contributed by atoms with Gasteiger partial charge in [0.15, 0.2) is 11.5 Å². The number of rotatable bonds is 8. The molecule has 1 heterocycles. The van der Waals surface area contributed by atoms with Crippen LogP contribution in [-0.4, -0.2) is 29.5 Å². The third kappa shape index (κ3) is 3.50. The maximum Gasteiger partial charge on any atom is 0.356 e. The van der Waals surface area contributed by atoms with E-state index in [2.05, 4.69) is 6.58 Å². The number of aromatic nitrogens is 2. The molecule has 0 unspecified atom stereocenters. The molecule has 0 saturated carbocycles. The Morgan fingerprint density at radius 3 is 2.62 bits per heavy atom. The number of ether oxygens (including phenoxy) is 2. The summed E-state index contributed by atoms with van der Waals surface area (Å²) in [5.41, 5.74) is 8.27. The molecule has 1 aromatic heterocycles. The highest BCUT2D eigenvalue weighted by Crippen LogP contribution is 2.25. The van der Waals surface area contributed by atoms with Crippen molar-refractivity contribution in [2.75, 3.05) is 19.5 Å². The third-order valence-corrected chi connectivity index (χ3v) is 4.22. The Morgan fingerprint density at radius 2 is 1.88 bits per heavy atom. The zero-order chi connectivity index (χ0) is 18.5. The van der Waals surface area contributed by atoms with Crippen LogP contribution >= 0.6 is 0 Å². The Hall–Kier alpha value is -2.99. The molecule has 0 aliphatic rings. The highest BCUT2D eigenvalue weighted by Gasteiger charge is 2.22. The molecule has 0 aliphatic carbocycles. The molecule has 26 heavy (non-hydrogen) atoms. The smallest absolute Gasteiger partial charge is 0.356 e. The lowest BCUT2D eigenvalue weighted by Gasteiger charge is -2.14. The third-order valence-electron chi connectivity index (χ3n) is 4.22. The summed E-state index contributed by atoms with van der Waals surface area (Å²) in [6, 6.07) is 15.3. The minimum absolute atomic E-state index is 0.133. The molecule has 0 bridgehead atoms. The van der Waals surface area contributed by atoms with Gasteiger partial charge in [-0.25, -0.2) is 9.13 Å². The van der Waals surface area contributed by atoms with Gasteiger partial charge in [-0.3, -0.25) is 5.73 Å². The van der Waals surface area contributed by atoms with Gasteiger partial charge in [-0.1, -0.05) is 36.9 Å². The van der Waals surface area contributed by atoms with Crippen molar-refractivity contribution in [2.24, 2.45) is 0 Å². The van der Waals surface area contributed by atoms with Crippen LogP contribution in [0, 0.1) is 0 Å². The van der Waals surface area contributed by atoms with Crippen LogP contribution in [0.3, 0.4) is 0 Å². The SMILES string of the molecule is C=CCn1c(N)[n+](C[C@H](O)COc2ccccc2OC)c2ccccc21. The van der Waals surface area contributed by atoms with Crippen LogP contribution < -0.4 is 19.8 Å². The van der Waals surface area contributed by atoms with E-state index in [0.717, 1.165) is 11.0 Å². The average molecular weight is 354 g/mol. The number of allylic oxidation sites excluding steroid dienone is 1. The second kappa shape index (κ2) is 7.93. The lowest BCUT2D eigenvalue weighted by atomic mass is 10.3. The first-order valence-corrected chi connectivity index (χ1v) is 8.47. The molecule has 1 atom stereocenters. The lowest BCUT2D eigenvalue weighted by molar-refractivity contribution is -0.665. The summed E-state index contributed by atoms with van der Waals surface area (Å²) >= 11 is 0. The van der Waals surface area contributed by atoms with Crippen LogP contribution in [0.1, 0.15) is 0 Å². The molecule has 2 aromatic carbocycles. The predicted molar refractivity (Wildman–Crippen MR) is 101 cm³/mol. The molecule has 6 heteroatoms. The fourth-order valence-electron chi connectivity index (χ4n) is 3.01. The molecular weight excluding hydrogens is 330 g/mol. The van der Waals surface area contributed by atoms with Gasteiger partial charge in [0, 0.05) is 0 Å². The number of anilines is 1. The number of nitrogen functional groups attached to an aromatic ring is 1. The number of hydrogen-bond donors (Lipinski definition) is 2. The summed E-state index contributed by atoms with van der Waals surface area (Å²) in [7, 11) is 1.59. The first kappa shape index (κ1) is 17.8. The average Bonchev–Trinajstić information content (AvgIpc) is 2.93. The lowest BCUT2D eigenvalue weighted by Crippen LogP contribution is -2.43. The van der Waals surface area contributed by atoms with E-state index in [-0.39, 0.29) is 6.61 Å². The molecule has 136 valence electrons. The molecule has 3 N–H and O–H groups in total. The fraction of sp³-hybridized carbons (Fsp3) is 0.250. The number of para-hydroxylation sites is 4. The Morgan fingerprint density at radius 1 is 1.19 bits per heavy atom. The monoisotopic (exact) mass is 354 g/mol. The number of aliphatic hydroxyl groups is 1. The second-order valence-electron chi connectivity index (χ2n) is 5.97. The van der Waals surface area contributed by atoms with Crippen LogP contribution in [0.15, 0.2) is 61.2 Å². The van der Waals surface area contributed by atoms with Gasteiger partial charge < -0.3 is 14.6 Å². The van der Waals surface area contributed by atoms with E-state index in [4.69, 9.17) is 15.2 Å². The summed E-state index contributed by atoms with van der Waals surface area (Å²) < 4.78 is 14.8. The first-order chi connectivity index (χ1) is 12.7. The number of imidazole rings is 1. The zero-order valence-corrected chi connectivity index (χ0v) is 14.8. The van der Waals surface area contributed by atoms with Crippen molar-refractivity contribution in [3.05, 3.63) is 61.2 Å². The standard InChI is InChI=1S/C20H23N3O3/c1-3-12-22-16-8-4-5-9-17(16)23(20(22)21)13-15(24)14-26-19-11-7-6-10-18(19)25-2/h3-11,15,21,24H,1,12-14H2,2H3/p+1/t15-/m0/s1. The van der Waals surface area contributed by atoms with Crippen LogP contribution in [0.4, 0.5) is 5.95 Å². The van der Waals surface area contributed by atoms with Gasteiger partial charge in [-0.2, -0.15) is 0 Å². The van der Waals surface area contributed by atoms with Crippen molar-refractivity contribution in [3.8, 4) is 11.5 Å². The number of nitrogens with zero attached hydrogens (tertiary/aromatic N) is 2. The molecule has 3 aromatic rings. The Balaban J connectivity index is 1.78. The van der Waals surface area contributed by atoms with Gasteiger partial charge in [0.1, 0.15) is 30.3 Å². The van der Waals surface area contributed by atoms with Crippen LogP contribution in [0.2, 0.25) is 0 Å². The summed E-state index contributed by atoms with van der Waals surface area (Å²) in [6.07, 6.45) is 1.07. The highest BCUT2D eigenvalue weighted by atomic mass is 16.5. The molecule has 0 radical (unpaired) electrons. The number of hydrogen-bond acceptors (Lipinski definition) is 4. The highest BCUT2D eigenvalue weighted by molar-refractivity contribution is 5.73. The molecule has 0 amide bonds. The minimum Gasteiger partial charge on any atom is -0.493 e. The quantitative estimate of drug-likeness (QED) is 0.480. The molecule has 0 spiro atoms. The van der Waals surface area contributed by atoms with E-state index in [1.165, 1.54) is 0 Å². The van der Waals surface area contributed by atoms with E-state index in [0.29, 0.717) is 30.5 Å². The van der Waals surface area contributed by atoms with E-state index in [1.807, 2.05) is 57.7 Å². The zero-order valence-electron chi connectivity index (χ0n) is 14.8. The van der Waals surface area contributed by atoms with Crippen molar-refractivity contribution < 1.29 is 19.1 Å². The van der Waals surface area contributed by atoms with E-state index in [1.54, 1.807) is 13.2 Å². The largest absolute Gasteiger partial charge is 0.493 e. The van der Waals surface area contributed by atoms with Crippen LogP contribution in [0.5, 0.6) is 11.5 Å². The number of nitrogens with two attached hydrogens (primary N) is 1. The summed E-state index contributed by atoms with van der Waals surface area (Å²) in [4.78, 5) is 0. The van der Waals surface area contributed by atoms with Crippen molar-refractivity contribution >= 4 is 17.0 Å². The number of methoxy groups -OCH3 is 1. The van der Waals surface area contributed by atoms with Crippen LogP contribution in [0.25, 0.3) is 11.0 Å². The molecule has 0 saturated heterocycles. The van der Waals surface area contributed by atoms with E-state index < -0.39 is 6.10 Å². The molecular formula is C20H24N3O3+. The molecule has 0 aliphatic heterocycles. The van der Waals surface area contributed by atoms with E-state index >= 15 is 0 Å². The van der Waals surface area contributed by atoms with Crippen molar-refractivity contribution in [2.45, 2.75) is 19.2 Å². The maximum atomic E-state index is 10.5. The summed E-state index contributed by atoms with van der Waals surface area (Å²) in [6.45, 7) is 4.85. The van der Waals surface area contributed by atoms with Gasteiger partial charge in [-0.15, -0.1) is 0 Å². The number of benzene rings is 2. The fourth-order valence-corrected chi connectivity index (χ4v) is 3.01. The van der Waals surface area contributed by atoms with Crippen molar-refractivity contribution in [1.82, 2.24) is 4.57 Å². The van der Waals surface area contributed by atoms with Gasteiger partial charge >= 0.3 is 5.95 Å². The topological polar surface area (TPSA) is 73.5 Å². The minimum atomic E-state index is -0.727. The van der Waals surface area contributed by atoms with E-state index in [9.17, 15) is 5.11 Å². The second-order valence-corrected chi connectivity index (χ2v) is 5.97. The molecule has 3 rings (SSSR count). The van der Waals surface area contributed by atoms with Crippen molar-refractivity contribution in [1.29, 1.82) is 0 Å². The Labute approximate surface area is 152 Å². The van der Waals surface area contributed by atoms with Crippen molar-refractivity contribution in [3.63, 3.8) is 0 Å². The van der Waals surface area contributed by atoms with Crippen LogP contribution in [-0.2, 0) is 13.1 Å². The molecule has 6 nitrogen and oxygen atoms in total. The van der Waals surface area contributed by atoms with Gasteiger partial charge in [0.05, 0.1) is 13.7 Å². The predicted octanol–water partition coefficient (Wildman–Crippen LogP) is 2.15. The summed E-state index contributed by atoms with van der Waals surface area (Å²) in [5.74, 6) is 1.80.